The Hall–Kier alpha value is -1.02. The predicted molar refractivity (Wildman–Crippen MR) is 74.5 cm³/mol. The van der Waals surface area contributed by atoms with Gasteiger partial charge in [-0.3, -0.25) is 0 Å². The molecule has 0 saturated carbocycles. The lowest BCUT2D eigenvalue weighted by molar-refractivity contribution is 0.230. The number of aliphatic hydroxyl groups is 1. The van der Waals surface area contributed by atoms with Crippen molar-refractivity contribution in [2.75, 3.05) is 18.5 Å². The number of anilines is 1. The van der Waals surface area contributed by atoms with Gasteiger partial charge < -0.3 is 10.4 Å². The molecule has 1 aromatic rings. The van der Waals surface area contributed by atoms with Crippen molar-refractivity contribution in [1.82, 2.24) is 0 Å². The number of para-hydroxylation sites is 1. The Labute approximate surface area is 105 Å². The lowest BCUT2D eigenvalue weighted by Crippen LogP contribution is -2.20. The molecule has 0 radical (unpaired) electrons. The Morgan fingerprint density at radius 3 is 2.41 bits per heavy atom. The molecule has 2 heteroatoms. The number of aliphatic hydroxyl groups excluding tert-OH is 1. The number of rotatable bonds is 5. The van der Waals surface area contributed by atoms with Crippen LogP contribution in [0.3, 0.4) is 0 Å². The highest BCUT2D eigenvalue weighted by Gasteiger charge is 2.17. The fraction of sp³-hybridized carbons (Fsp3) is 0.600. The quantitative estimate of drug-likeness (QED) is 0.819. The summed E-state index contributed by atoms with van der Waals surface area (Å²) < 4.78 is 0. The highest BCUT2D eigenvalue weighted by atomic mass is 16.3. The fourth-order valence-corrected chi connectivity index (χ4v) is 1.88. The highest BCUT2D eigenvalue weighted by molar-refractivity contribution is 5.54. The van der Waals surface area contributed by atoms with E-state index in [9.17, 15) is 5.11 Å². The van der Waals surface area contributed by atoms with Crippen LogP contribution < -0.4 is 5.32 Å². The van der Waals surface area contributed by atoms with E-state index >= 15 is 0 Å². The molecule has 0 aliphatic heterocycles. The Morgan fingerprint density at radius 1 is 1.24 bits per heavy atom. The molecule has 2 nitrogen and oxygen atoms in total. The van der Waals surface area contributed by atoms with Gasteiger partial charge in [-0.05, 0) is 29.4 Å². The predicted octanol–water partition coefficient (Wildman–Crippen LogP) is 3.41. The number of hydrogen-bond acceptors (Lipinski definition) is 2. The molecule has 0 aliphatic carbocycles. The molecule has 17 heavy (non-hydrogen) atoms. The minimum Gasteiger partial charge on any atom is -0.396 e. The van der Waals surface area contributed by atoms with Crippen molar-refractivity contribution in [3.63, 3.8) is 0 Å². The summed E-state index contributed by atoms with van der Waals surface area (Å²) >= 11 is 0. The standard InChI is InChI=1S/C15H25NO/c1-5-12(11-17)10-16-14-9-7-6-8-13(14)15(2,3)4/h6-9,12,16-17H,5,10-11H2,1-4H3. The van der Waals surface area contributed by atoms with Crippen LogP contribution in [-0.2, 0) is 5.41 Å². The second-order valence-corrected chi connectivity index (χ2v) is 5.63. The van der Waals surface area contributed by atoms with E-state index in [0.29, 0.717) is 5.92 Å². The summed E-state index contributed by atoms with van der Waals surface area (Å²) in [5, 5.41) is 12.7. The summed E-state index contributed by atoms with van der Waals surface area (Å²) in [6.07, 6.45) is 1.00. The molecule has 1 atom stereocenters. The van der Waals surface area contributed by atoms with Gasteiger partial charge in [0.1, 0.15) is 0 Å². The molecule has 0 bridgehead atoms. The maximum atomic E-state index is 9.19. The molecule has 96 valence electrons. The summed E-state index contributed by atoms with van der Waals surface area (Å²) in [4.78, 5) is 0. The van der Waals surface area contributed by atoms with E-state index < -0.39 is 0 Å². The van der Waals surface area contributed by atoms with Crippen molar-refractivity contribution in [3.05, 3.63) is 29.8 Å². The maximum absolute atomic E-state index is 9.19. The lowest BCUT2D eigenvalue weighted by atomic mass is 9.85. The van der Waals surface area contributed by atoms with Crippen molar-refractivity contribution in [3.8, 4) is 0 Å². The smallest absolute Gasteiger partial charge is 0.0475 e. The molecular formula is C15H25NO. The van der Waals surface area contributed by atoms with Gasteiger partial charge in [0.2, 0.25) is 0 Å². The Morgan fingerprint density at radius 2 is 1.88 bits per heavy atom. The van der Waals surface area contributed by atoms with Crippen LogP contribution in [0.2, 0.25) is 0 Å². The summed E-state index contributed by atoms with van der Waals surface area (Å²) in [6, 6.07) is 8.42. The second kappa shape index (κ2) is 6.06. The van der Waals surface area contributed by atoms with Crippen LogP contribution >= 0.6 is 0 Å². The van der Waals surface area contributed by atoms with E-state index in [1.165, 1.54) is 11.3 Å². The molecule has 0 amide bonds. The van der Waals surface area contributed by atoms with Crippen molar-refractivity contribution >= 4 is 5.69 Å². The molecule has 1 aromatic carbocycles. The molecular weight excluding hydrogens is 210 g/mol. The molecule has 0 aliphatic rings. The van der Waals surface area contributed by atoms with E-state index in [2.05, 4.69) is 57.3 Å². The number of benzene rings is 1. The van der Waals surface area contributed by atoms with Gasteiger partial charge in [0.25, 0.3) is 0 Å². The molecule has 0 fully saturated rings. The maximum Gasteiger partial charge on any atom is 0.0475 e. The van der Waals surface area contributed by atoms with Crippen LogP contribution in [0, 0.1) is 5.92 Å². The Balaban J connectivity index is 2.77. The van der Waals surface area contributed by atoms with E-state index in [-0.39, 0.29) is 12.0 Å². The summed E-state index contributed by atoms with van der Waals surface area (Å²) in [5.74, 6) is 0.336. The van der Waals surface area contributed by atoms with Crippen molar-refractivity contribution in [2.45, 2.75) is 39.5 Å². The van der Waals surface area contributed by atoms with Gasteiger partial charge >= 0.3 is 0 Å². The first-order chi connectivity index (χ1) is 7.99. The Kier molecular flexibility index (Phi) is 5.01. The minimum atomic E-state index is 0.143. The van der Waals surface area contributed by atoms with Crippen LogP contribution in [0.15, 0.2) is 24.3 Å². The molecule has 0 saturated heterocycles. The average molecular weight is 235 g/mol. The summed E-state index contributed by atoms with van der Waals surface area (Å²) in [7, 11) is 0. The zero-order chi connectivity index (χ0) is 12.9. The molecule has 1 unspecified atom stereocenters. The third-order valence-electron chi connectivity index (χ3n) is 3.15. The summed E-state index contributed by atoms with van der Waals surface area (Å²) in [5.41, 5.74) is 2.66. The first-order valence-electron chi connectivity index (χ1n) is 6.43. The first-order valence-corrected chi connectivity index (χ1v) is 6.43. The number of nitrogens with one attached hydrogen (secondary N) is 1. The van der Waals surface area contributed by atoms with Crippen LogP contribution in [0.1, 0.15) is 39.7 Å². The molecule has 1 rings (SSSR count). The second-order valence-electron chi connectivity index (χ2n) is 5.63. The van der Waals surface area contributed by atoms with E-state index in [0.717, 1.165) is 13.0 Å². The van der Waals surface area contributed by atoms with Crippen LogP contribution in [0.25, 0.3) is 0 Å². The molecule has 0 spiro atoms. The highest BCUT2D eigenvalue weighted by Crippen LogP contribution is 2.29. The summed E-state index contributed by atoms with van der Waals surface area (Å²) in [6.45, 7) is 9.85. The van der Waals surface area contributed by atoms with E-state index in [1.54, 1.807) is 0 Å². The molecule has 0 aromatic heterocycles. The van der Waals surface area contributed by atoms with Gasteiger partial charge in [-0.2, -0.15) is 0 Å². The van der Waals surface area contributed by atoms with Crippen LogP contribution in [0.4, 0.5) is 5.69 Å². The lowest BCUT2D eigenvalue weighted by Gasteiger charge is -2.24. The fourth-order valence-electron chi connectivity index (χ4n) is 1.88. The Bertz CT molecular complexity index is 337. The van der Waals surface area contributed by atoms with Crippen molar-refractivity contribution in [2.24, 2.45) is 5.92 Å². The third-order valence-corrected chi connectivity index (χ3v) is 3.15. The van der Waals surface area contributed by atoms with E-state index in [4.69, 9.17) is 0 Å². The van der Waals surface area contributed by atoms with Gasteiger partial charge in [0.15, 0.2) is 0 Å². The van der Waals surface area contributed by atoms with Crippen LogP contribution in [0.5, 0.6) is 0 Å². The van der Waals surface area contributed by atoms with E-state index in [1.807, 2.05) is 0 Å². The molecule has 2 N–H and O–H groups in total. The topological polar surface area (TPSA) is 32.3 Å². The molecule has 0 heterocycles. The van der Waals surface area contributed by atoms with Crippen molar-refractivity contribution < 1.29 is 5.11 Å². The van der Waals surface area contributed by atoms with Crippen LogP contribution in [-0.4, -0.2) is 18.3 Å². The van der Waals surface area contributed by atoms with Crippen molar-refractivity contribution in [1.29, 1.82) is 0 Å². The first kappa shape index (κ1) is 14.0. The van der Waals surface area contributed by atoms with Gasteiger partial charge in [0, 0.05) is 18.8 Å². The SMILES string of the molecule is CCC(CO)CNc1ccccc1C(C)(C)C. The van der Waals surface area contributed by atoms with Gasteiger partial charge in [-0.15, -0.1) is 0 Å². The zero-order valence-electron chi connectivity index (χ0n) is 11.5. The monoisotopic (exact) mass is 235 g/mol. The third kappa shape index (κ3) is 4.04. The average Bonchev–Trinajstić information content (AvgIpc) is 2.29. The van der Waals surface area contributed by atoms with Gasteiger partial charge in [-0.1, -0.05) is 45.9 Å². The zero-order valence-corrected chi connectivity index (χ0v) is 11.5. The largest absolute Gasteiger partial charge is 0.396 e. The number of hydrogen-bond donors (Lipinski definition) is 2. The van der Waals surface area contributed by atoms with Gasteiger partial charge in [0.05, 0.1) is 0 Å². The normalized spacial score (nSPS) is 13.5. The minimum absolute atomic E-state index is 0.143. The van der Waals surface area contributed by atoms with Gasteiger partial charge in [-0.25, -0.2) is 0 Å².